The average Bonchev–Trinajstić information content (AvgIpc) is 2.93. The minimum absolute atomic E-state index is 0.193. The molecule has 0 aliphatic heterocycles. The van der Waals surface area contributed by atoms with Crippen molar-refractivity contribution < 1.29 is 4.79 Å². The van der Waals surface area contributed by atoms with Crippen molar-refractivity contribution in [3.05, 3.63) is 34.9 Å². The van der Waals surface area contributed by atoms with Crippen LogP contribution >= 0.6 is 11.6 Å². The third-order valence-corrected chi connectivity index (χ3v) is 4.26. The van der Waals surface area contributed by atoms with Crippen molar-refractivity contribution in [3.8, 4) is 0 Å². The maximum absolute atomic E-state index is 12.1. The van der Waals surface area contributed by atoms with Crippen LogP contribution in [0.5, 0.6) is 0 Å². The fourth-order valence-corrected chi connectivity index (χ4v) is 3.11. The smallest absolute Gasteiger partial charge is 0.164 e. The fraction of sp³-hybridized carbons (Fsp3) is 0.562. The number of Topliss-reactive ketones (excluding diaryl/α,β-unsaturated/α-hetero) is 1. The summed E-state index contributed by atoms with van der Waals surface area (Å²) in [6.45, 7) is 4.09. The summed E-state index contributed by atoms with van der Waals surface area (Å²) in [5, 5.41) is 0.633. The number of hydrogen-bond acceptors (Lipinski definition) is 2. The molecule has 0 unspecified atom stereocenters. The average molecular weight is 280 g/mol. The van der Waals surface area contributed by atoms with Gasteiger partial charge in [-0.2, -0.15) is 0 Å². The summed E-state index contributed by atoms with van der Waals surface area (Å²) < 4.78 is 0. The molecule has 1 fully saturated rings. The molecule has 0 atom stereocenters. The largest absolute Gasteiger partial charge is 0.300 e. The molecule has 0 radical (unpaired) electrons. The molecule has 1 aromatic carbocycles. The van der Waals surface area contributed by atoms with Crippen molar-refractivity contribution in [2.45, 2.75) is 45.1 Å². The Morgan fingerprint density at radius 2 is 2.11 bits per heavy atom. The van der Waals surface area contributed by atoms with Gasteiger partial charge in [0.2, 0.25) is 0 Å². The summed E-state index contributed by atoms with van der Waals surface area (Å²) in [5.74, 6) is 0.193. The fourth-order valence-electron chi connectivity index (χ4n) is 2.92. The minimum atomic E-state index is 0.193. The van der Waals surface area contributed by atoms with E-state index in [9.17, 15) is 4.79 Å². The van der Waals surface area contributed by atoms with Crippen LogP contribution in [-0.2, 0) is 0 Å². The second-order valence-corrected chi connectivity index (χ2v) is 5.69. The summed E-state index contributed by atoms with van der Waals surface area (Å²) in [6, 6.07) is 7.94. The summed E-state index contributed by atoms with van der Waals surface area (Å²) in [7, 11) is 0. The lowest BCUT2D eigenvalue weighted by atomic mass is 10.1. The lowest BCUT2D eigenvalue weighted by Gasteiger charge is -2.27. The van der Waals surface area contributed by atoms with Crippen LogP contribution in [0.2, 0.25) is 5.02 Å². The van der Waals surface area contributed by atoms with Crippen molar-refractivity contribution >= 4 is 17.4 Å². The molecule has 1 aromatic rings. The second kappa shape index (κ2) is 7.06. The molecule has 0 heterocycles. The van der Waals surface area contributed by atoms with Crippen LogP contribution in [0.25, 0.3) is 0 Å². The molecule has 1 aliphatic rings. The Balaban J connectivity index is 1.88. The number of nitrogens with zero attached hydrogens (tertiary/aromatic N) is 1. The van der Waals surface area contributed by atoms with Gasteiger partial charge in [-0.05, 0) is 31.5 Å². The first-order valence-electron chi connectivity index (χ1n) is 7.23. The van der Waals surface area contributed by atoms with E-state index in [-0.39, 0.29) is 5.78 Å². The normalized spacial score (nSPS) is 16.2. The predicted molar refractivity (Wildman–Crippen MR) is 79.9 cm³/mol. The van der Waals surface area contributed by atoms with Crippen LogP contribution in [-0.4, -0.2) is 29.8 Å². The molecule has 1 aliphatic carbocycles. The highest BCUT2D eigenvalue weighted by Crippen LogP contribution is 2.23. The molecule has 104 valence electrons. The second-order valence-electron chi connectivity index (χ2n) is 5.25. The first-order valence-corrected chi connectivity index (χ1v) is 7.61. The number of rotatable bonds is 6. The third-order valence-electron chi connectivity index (χ3n) is 4.02. The highest BCUT2D eigenvalue weighted by Gasteiger charge is 2.21. The first-order chi connectivity index (χ1) is 9.20. The van der Waals surface area contributed by atoms with Gasteiger partial charge >= 0.3 is 0 Å². The Kier molecular flexibility index (Phi) is 5.41. The van der Waals surface area contributed by atoms with Gasteiger partial charge in [-0.25, -0.2) is 0 Å². The summed E-state index contributed by atoms with van der Waals surface area (Å²) >= 11 is 5.92. The Bertz CT molecular complexity index is 427. The minimum Gasteiger partial charge on any atom is -0.300 e. The molecule has 0 bridgehead atoms. The molecule has 19 heavy (non-hydrogen) atoms. The van der Waals surface area contributed by atoms with E-state index < -0.39 is 0 Å². The van der Waals surface area contributed by atoms with Gasteiger partial charge < -0.3 is 4.90 Å². The highest BCUT2D eigenvalue weighted by molar-refractivity contribution is 6.31. The van der Waals surface area contributed by atoms with E-state index in [1.54, 1.807) is 12.1 Å². The molecule has 2 rings (SSSR count). The van der Waals surface area contributed by atoms with E-state index in [1.165, 1.54) is 25.7 Å². The Morgan fingerprint density at radius 1 is 1.37 bits per heavy atom. The molecule has 0 N–H and O–H groups in total. The van der Waals surface area contributed by atoms with Crippen LogP contribution in [0.1, 0.15) is 49.4 Å². The monoisotopic (exact) mass is 279 g/mol. The van der Waals surface area contributed by atoms with Crippen molar-refractivity contribution in [3.63, 3.8) is 0 Å². The standard InChI is InChI=1S/C16H22ClNO/c1-2-18(15-8-3-4-9-15)11-10-16(19)13-6-5-7-14(17)12-13/h5-7,12,15H,2-4,8-11H2,1H3. The molecule has 2 nitrogen and oxygen atoms in total. The van der Waals surface area contributed by atoms with E-state index in [0.29, 0.717) is 17.5 Å². The summed E-state index contributed by atoms with van der Waals surface area (Å²) in [4.78, 5) is 14.6. The van der Waals surface area contributed by atoms with E-state index in [4.69, 9.17) is 11.6 Å². The zero-order valence-electron chi connectivity index (χ0n) is 11.6. The molecule has 1 saturated carbocycles. The number of halogens is 1. The molecular weight excluding hydrogens is 258 g/mol. The molecule has 0 aromatic heterocycles. The Morgan fingerprint density at radius 3 is 2.74 bits per heavy atom. The molecule has 0 amide bonds. The van der Waals surface area contributed by atoms with E-state index in [0.717, 1.165) is 18.7 Å². The van der Waals surface area contributed by atoms with Gasteiger partial charge in [-0.3, -0.25) is 4.79 Å². The third kappa shape index (κ3) is 4.05. The van der Waals surface area contributed by atoms with Gasteiger partial charge in [-0.1, -0.05) is 43.5 Å². The van der Waals surface area contributed by atoms with E-state index in [1.807, 2.05) is 12.1 Å². The maximum Gasteiger partial charge on any atom is 0.164 e. The quantitative estimate of drug-likeness (QED) is 0.728. The van der Waals surface area contributed by atoms with Gasteiger partial charge in [0.15, 0.2) is 5.78 Å². The van der Waals surface area contributed by atoms with Crippen LogP contribution in [0, 0.1) is 0 Å². The van der Waals surface area contributed by atoms with Gasteiger partial charge in [-0.15, -0.1) is 0 Å². The Hall–Kier alpha value is -0.860. The highest BCUT2D eigenvalue weighted by atomic mass is 35.5. The molecule has 3 heteroatoms. The van der Waals surface area contributed by atoms with Gasteiger partial charge in [0.1, 0.15) is 0 Å². The van der Waals surface area contributed by atoms with Crippen molar-refractivity contribution in [2.75, 3.05) is 13.1 Å². The number of benzene rings is 1. The summed E-state index contributed by atoms with van der Waals surface area (Å²) in [5.41, 5.74) is 0.731. The van der Waals surface area contributed by atoms with Crippen LogP contribution in [0.15, 0.2) is 24.3 Å². The first kappa shape index (κ1) is 14.5. The Labute approximate surface area is 120 Å². The zero-order chi connectivity index (χ0) is 13.7. The lowest BCUT2D eigenvalue weighted by molar-refractivity contribution is 0.0953. The van der Waals surface area contributed by atoms with Gasteiger partial charge in [0.25, 0.3) is 0 Å². The zero-order valence-corrected chi connectivity index (χ0v) is 12.3. The van der Waals surface area contributed by atoms with Crippen molar-refractivity contribution in [1.29, 1.82) is 0 Å². The van der Waals surface area contributed by atoms with Crippen LogP contribution in [0.3, 0.4) is 0 Å². The van der Waals surface area contributed by atoms with E-state index in [2.05, 4.69) is 11.8 Å². The van der Waals surface area contributed by atoms with Crippen LogP contribution in [0.4, 0.5) is 0 Å². The van der Waals surface area contributed by atoms with Crippen LogP contribution < -0.4 is 0 Å². The molecular formula is C16H22ClNO. The van der Waals surface area contributed by atoms with Gasteiger partial charge in [0.05, 0.1) is 0 Å². The van der Waals surface area contributed by atoms with Gasteiger partial charge in [0, 0.05) is 29.6 Å². The van der Waals surface area contributed by atoms with Crippen molar-refractivity contribution in [2.24, 2.45) is 0 Å². The SMILES string of the molecule is CCN(CCC(=O)c1cccc(Cl)c1)C1CCCC1. The number of carbonyl (C=O) groups excluding carboxylic acids is 1. The van der Waals surface area contributed by atoms with Crippen molar-refractivity contribution in [1.82, 2.24) is 4.90 Å². The predicted octanol–water partition coefficient (Wildman–Crippen LogP) is 4.18. The number of hydrogen-bond donors (Lipinski definition) is 0. The number of carbonyl (C=O) groups is 1. The lowest BCUT2D eigenvalue weighted by Crippen LogP contribution is -2.34. The topological polar surface area (TPSA) is 20.3 Å². The molecule has 0 saturated heterocycles. The number of ketones is 1. The molecule has 0 spiro atoms. The summed E-state index contributed by atoms with van der Waals surface area (Å²) in [6.07, 6.45) is 5.84. The van der Waals surface area contributed by atoms with E-state index >= 15 is 0 Å². The maximum atomic E-state index is 12.1.